The molecule has 2 aromatic heterocycles. The van der Waals surface area contributed by atoms with Gasteiger partial charge in [-0.2, -0.15) is 0 Å². The zero-order valence-electron chi connectivity index (χ0n) is 18.8. The Kier molecular flexibility index (Phi) is 6.65. The number of para-hydroxylation sites is 1. The number of thiophene rings is 2. The van der Waals surface area contributed by atoms with Crippen LogP contribution < -0.4 is 10.1 Å². The van der Waals surface area contributed by atoms with E-state index in [1.807, 2.05) is 66.2 Å². The summed E-state index contributed by atoms with van der Waals surface area (Å²) >= 11 is 3.24. The molecule has 0 amide bonds. The number of hydrogen-bond acceptors (Lipinski definition) is 7. The van der Waals surface area contributed by atoms with Gasteiger partial charge in [-0.3, -0.25) is 4.79 Å². The highest BCUT2D eigenvalue weighted by Gasteiger charge is 2.42. The Hall–Kier alpha value is -3.16. The number of nitrogens with one attached hydrogen (secondary N) is 1. The topological polar surface area (TPSA) is 64.6 Å². The molecule has 3 heterocycles. The van der Waals surface area contributed by atoms with Gasteiger partial charge in [0.25, 0.3) is 0 Å². The lowest BCUT2D eigenvalue weighted by Gasteiger charge is -2.35. The second kappa shape index (κ2) is 9.99. The lowest BCUT2D eigenvalue weighted by atomic mass is 9.74. The molecule has 7 heteroatoms. The third-order valence-electron chi connectivity index (χ3n) is 6.15. The number of Topliss-reactive ketones (excluding diaryl/α,β-unsaturated/α-hetero) is 1. The van der Waals surface area contributed by atoms with E-state index in [1.165, 1.54) is 4.88 Å². The van der Waals surface area contributed by atoms with Crippen molar-refractivity contribution < 1.29 is 19.1 Å². The fraction of sp³-hybridized carbons (Fsp3) is 0.259. The summed E-state index contributed by atoms with van der Waals surface area (Å²) in [5.74, 6) is 0.165. The first-order chi connectivity index (χ1) is 16.6. The minimum absolute atomic E-state index is 0.0933. The van der Waals surface area contributed by atoms with E-state index in [0.717, 1.165) is 28.4 Å². The van der Waals surface area contributed by atoms with Crippen molar-refractivity contribution in [2.45, 2.75) is 31.6 Å². The highest BCUT2D eigenvalue weighted by Crippen LogP contribution is 2.47. The van der Waals surface area contributed by atoms with E-state index in [0.29, 0.717) is 17.6 Å². The molecule has 1 aliphatic heterocycles. The zero-order chi connectivity index (χ0) is 23.5. The molecule has 2 aliphatic rings. The van der Waals surface area contributed by atoms with Gasteiger partial charge in [0, 0.05) is 39.1 Å². The van der Waals surface area contributed by atoms with Crippen molar-refractivity contribution >= 4 is 34.4 Å². The van der Waals surface area contributed by atoms with Gasteiger partial charge in [-0.25, -0.2) is 4.79 Å². The Morgan fingerprint density at radius 2 is 1.71 bits per heavy atom. The van der Waals surface area contributed by atoms with Crippen molar-refractivity contribution in [3.8, 4) is 5.75 Å². The highest BCUT2D eigenvalue weighted by molar-refractivity contribution is 7.10. The molecule has 5 rings (SSSR count). The maximum absolute atomic E-state index is 13.4. The number of allylic oxidation sites excluding steroid dienone is 3. The molecule has 0 bridgehead atoms. The lowest BCUT2D eigenvalue weighted by Crippen LogP contribution is -2.36. The molecule has 0 fully saturated rings. The lowest BCUT2D eigenvalue weighted by molar-refractivity contribution is -0.140. The maximum Gasteiger partial charge on any atom is 0.336 e. The molecule has 34 heavy (non-hydrogen) atoms. The Balaban J connectivity index is 1.36. The van der Waals surface area contributed by atoms with Gasteiger partial charge in [0.2, 0.25) is 0 Å². The third-order valence-corrected chi connectivity index (χ3v) is 8.12. The number of hydrogen-bond donors (Lipinski definition) is 1. The van der Waals surface area contributed by atoms with Crippen LogP contribution in [0.25, 0.3) is 0 Å². The molecule has 3 aromatic rings. The van der Waals surface area contributed by atoms with Crippen LogP contribution in [-0.2, 0) is 14.3 Å². The smallest absolute Gasteiger partial charge is 0.336 e. The molecule has 0 unspecified atom stereocenters. The van der Waals surface area contributed by atoms with Crippen LogP contribution in [0.3, 0.4) is 0 Å². The van der Waals surface area contributed by atoms with E-state index in [2.05, 4.69) is 11.4 Å². The molecule has 0 spiro atoms. The van der Waals surface area contributed by atoms with Crippen molar-refractivity contribution in [1.82, 2.24) is 5.32 Å². The largest absolute Gasteiger partial charge is 0.490 e. The molecule has 174 valence electrons. The van der Waals surface area contributed by atoms with Crippen LogP contribution in [0, 0.1) is 0 Å². The molecule has 2 atom stereocenters. The SMILES string of the molecule is CC1=C(C(=O)OCCOc2ccccc2)[C@H](c2cccs2)C2=C(C[C@H](c3cccs3)CC2=O)N1. The third kappa shape index (κ3) is 4.58. The number of dihydropyridines is 1. The van der Waals surface area contributed by atoms with E-state index in [1.54, 1.807) is 22.7 Å². The second-order valence-electron chi connectivity index (χ2n) is 8.35. The first-order valence-electron chi connectivity index (χ1n) is 11.3. The number of ketones is 1. The van der Waals surface area contributed by atoms with Gasteiger partial charge < -0.3 is 14.8 Å². The molecular formula is C27H25NO4S2. The van der Waals surface area contributed by atoms with Crippen molar-refractivity contribution in [2.24, 2.45) is 0 Å². The van der Waals surface area contributed by atoms with Crippen LogP contribution in [-0.4, -0.2) is 25.0 Å². The van der Waals surface area contributed by atoms with Crippen LogP contribution in [0.2, 0.25) is 0 Å². The summed E-state index contributed by atoms with van der Waals surface area (Å²) in [6.45, 7) is 2.27. The van der Waals surface area contributed by atoms with Crippen molar-refractivity contribution in [3.63, 3.8) is 0 Å². The van der Waals surface area contributed by atoms with Gasteiger partial charge in [-0.05, 0) is 48.4 Å². The quantitative estimate of drug-likeness (QED) is 0.335. The zero-order valence-corrected chi connectivity index (χ0v) is 20.4. The Labute approximate surface area is 206 Å². The van der Waals surface area contributed by atoms with E-state index in [9.17, 15) is 9.59 Å². The number of ether oxygens (including phenoxy) is 2. The van der Waals surface area contributed by atoms with Crippen LogP contribution in [0.15, 0.2) is 87.9 Å². The Morgan fingerprint density at radius 1 is 0.971 bits per heavy atom. The fourth-order valence-electron chi connectivity index (χ4n) is 4.66. The fourth-order valence-corrected chi connectivity index (χ4v) is 6.34. The van der Waals surface area contributed by atoms with E-state index < -0.39 is 11.9 Å². The predicted molar refractivity (Wildman–Crippen MR) is 134 cm³/mol. The van der Waals surface area contributed by atoms with E-state index >= 15 is 0 Å². The van der Waals surface area contributed by atoms with Gasteiger partial charge >= 0.3 is 5.97 Å². The molecular weight excluding hydrogens is 466 g/mol. The summed E-state index contributed by atoms with van der Waals surface area (Å²) in [6.07, 6.45) is 1.21. The summed E-state index contributed by atoms with van der Waals surface area (Å²) in [5, 5.41) is 7.42. The summed E-state index contributed by atoms with van der Waals surface area (Å²) in [5.41, 5.74) is 2.87. The van der Waals surface area contributed by atoms with E-state index in [-0.39, 0.29) is 24.9 Å². The van der Waals surface area contributed by atoms with Crippen molar-refractivity contribution in [2.75, 3.05) is 13.2 Å². The molecule has 1 N–H and O–H groups in total. The average Bonchev–Trinajstić information content (AvgIpc) is 3.56. The van der Waals surface area contributed by atoms with Crippen LogP contribution in [0.1, 0.15) is 41.4 Å². The summed E-state index contributed by atoms with van der Waals surface area (Å²) in [4.78, 5) is 28.9. The summed E-state index contributed by atoms with van der Waals surface area (Å²) in [7, 11) is 0. The van der Waals surface area contributed by atoms with E-state index in [4.69, 9.17) is 9.47 Å². The molecule has 1 aliphatic carbocycles. The molecule has 0 saturated carbocycles. The minimum atomic E-state index is -0.417. The monoisotopic (exact) mass is 491 g/mol. The standard InChI is InChI=1S/C27H25NO4S2/c1-17-24(27(30)32-12-11-31-19-7-3-2-4-8-19)26(23-10-6-14-34-23)25-20(28-17)15-18(16-21(25)29)22-9-5-13-33-22/h2-10,13-14,18,26,28H,11-12,15-16H2,1H3/t18-,26-/m0/s1. The Morgan fingerprint density at radius 3 is 2.41 bits per heavy atom. The number of esters is 1. The first kappa shape index (κ1) is 22.6. The van der Waals surface area contributed by atoms with Gasteiger partial charge in [0.15, 0.2) is 5.78 Å². The first-order valence-corrected chi connectivity index (χ1v) is 13.0. The minimum Gasteiger partial charge on any atom is -0.490 e. The summed E-state index contributed by atoms with van der Waals surface area (Å²) in [6, 6.07) is 17.5. The highest BCUT2D eigenvalue weighted by atomic mass is 32.1. The maximum atomic E-state index is 13.4. The molecule has 1 aromatic carbocycles. The van der Waals surface area contributed by atoms with Crippen molar-refractivity contribution in [3.05, 3.63) is 97.7 Å². The average molecular weight is 492 g/mol. The normalized spacial score (nSPS) is 20.1. The summed E-state index contributed by atoms with van der Waals surface area (Å²) < 4.78 is 11.3. The number of rotatable bonds is 7. The van der Waals surface area contributed by atoms with Crippen LogP contribution in [0.5, 0.6) is 5.75 Å². The van der Waals surface area contributed by atoms with Crippen LogP contribution >= 0.6 is 22.7 Å². The predicted octanol–water partition coefficient (Wildman–Crippen LogP) is 5.79. The number of carbonyl (C=O) groups excluding carboxylic acids is 2. The number of carbonyl (C=O) groups is 2. The molecule has 5 nitrogen and oxygen atoms in total. The van der Waals surface area contributed by atoms with Gasteiger partial charge in [0.05, 0.1) is 11.5 Å². The Bertz CT molecular complexity index is 1230. The van der Waals surface area contributed by atoms with Gasteiger partial charge in [0.1, 0.15) is 19.0 Å². The second-order valence-corrected chi connectivity index (χ2v) is 10.3. The number of benzene rings is 1. The van der Waals surface area contributed by atoms with Crippen molar-refractivity contribution in [1.29, 1.82) is 0 Å². The molecule has 0 radical (unpaired) electrons. The van der Waals surface area contributed by atoms with Gasteiger partial charge in [-0.15, -0.1) is 22.7 Å². The van der Waals surface area contributed by atoms with Gasteiger partial charge in [-0.1, -0.05) is 30.3 Å². The van der Waals surface area contributed by atoms with Crippen LogP contribution in [0.4, 0.5) is 0 Å². The molecule has 0 saturated heterocycles.